The summed E-state index contributed by atoms with van der Waals surface area (Å²) in [7, 11) is 0. The van der Waals surface area contributed by atoms with Crippen molar-refractivity contribution >= 4 is 99.7 Å². The van der Waals surface area contributed by atoms with E-state index in [2.05, 4.69) is 83.4 Å². The second-order valence-electron chi connectivity index (χ2n) is 26.6. The summed E-state index contributed by atoms with van der Waals surface area (Å²) in [6, 6.07) is -1.32. The second-order valence-corrected chi connectivity index (χ2v) is 26.6. The van der Waals surface area contributed by atoms with E-state index < -0.39 is 188 Å². The number of carbonyl (C=O) groups excluding carboxylic acids is 12. The maximum absolute atomic E-state index is 14.6. The van der Waals surface area contributed by atoms with Gasteiger partial charge >= 0.3 is 17.9 Å². The number of unbranched alkanes of at least 4 members (excludes halogenated alkanes) is 2. The standard InChI is InChI=1S/C70H98N20O19/c1-38(2)23-48(84-67(105)54(35-91)89-60(98)44(73)26-41-31-74-36-79-41)61(99)77-33-56(92)81-46(17-8-10-20-71)63(101)85-49(25-40-30-76-45-16-7-6-15-43(40)45)65(103)86-50(28-58(94)95)62(100)78-34-57(93)82-52(27-42-32-75-37-80-42)69(107)90-22-12-19-55(90)68(106)87-51(29-59(96)97)66(104)83-47(18-9-11-21-72)64(102)88-53(70(108)109)24-39-13-4-3-5-14-39/h3-7,13-16,30-32,36-38,44,46-55,76,91H,8-12,17-29,33-35,71-73H2,1-2H3,(H,74,79)(H,75,80)(H,77,99)(H,78,100)(H,81,92)(H,82,93)(H,83,104)(H,84,105)(H,85,101)(H,86,103)(H,87,106)(H,88,102)(H,89,98)(H,94,95)(H,96,97)(H,108,109)/t44-,46-,47-,48-,49-,50-,51-,52-,53-,54-,55-/m0/s1. The van der Waals surface area contributed by atoms with Crippen molar-refractivity contribution in [3.05, 3.63) is 108 Å². The maximum Gasteiger partial charge on any atom is 0.326 e. The highest BCUT2D eigenvalue weighted by Crippen LogP contribution is 2.22. The number of carboxylic acid groups (broad SMARTS) is 3. The number of carboxylic acids is 3. The summed E-state index contributed by atoms with van der Waals surface area (Å²) in [6.45, 7) is 1.20. The maximum atomic E-state index is 14.6. The number of carbonyl (C=O) groups is 15. The number of imidazole rings is 2. The van der Waals surface area contributed by atoms with Crippen LogP contribution in [-0.2, 0) is 97.6 Å². The zero-order chi connectivity index (χ0) is 79.7. The SMILES string of the molecule is CC(C)C[C@H](NC(=O)[C@H](CO)NC(=O)[C@@H](N)Cc1cnc[nH]1)C(=O)NCC(=O)N[C@@H](CCCCN)C(=O)N[C@@H](Cc1c[nH]c2ccccc12)C(=O)N[C@@H](CC(=O)O)C(=O)NCC(=O)N[C@@H](Cc1cnc[nH]1)C(=O)N1CCC[C@H]1C(=O)N[C@@H](CC(=O)O)C(=O)N[C@@H](CCCCN)C(=O)N[C@@H](Cc1ccccc1)C(=O)O. The molecule has 5 aromatic rings. The number of para-hydroxylation sites is 1. The van der Waals surface area contributed by atoms with Gasteiger partial charge in [0.05, 0.1) is 51.2 Å². The molecule has 6 rings (SSSR count). The van der Waals surface area contributed by atoms with Gasteiger partial charge in [0.1, 0.15) is 60.4 Å². The fourth-order valence-corrected chi connectivity index (χ4v) is 12.0. The van der Waals surface area contributed by atoms with E-state index in [9.17, 15) is 92.3 Å². The molecule has 109 heavy (non-hydrogen) atoms. The van der Waals surface area contributed by atoms with Crippen molar-refractivity contribution in [1.29, 1.82) is 0 Å². The minimum absolute atomic E-state index is 0.0191. The molecule has 3 aromatic heterocycles. The van der Waals surface area contributed by atoms with Crippen LogP contribution in [0.1, 0.15) is 107 Å². The van der Waals surface area contributed by atoms with E-state index in [0.717, 1.165) is 4.90 Å². The number of aliphatic carboxylic acids is 3. The fourth-order valence-electron chi connectivity index (χ4n) is 12.0. The molecule has 592 valence electrons. The molecule has 0 bridgehead atoms. The molecule has 11 atom stereocenters. The first-order valence-electron chi connectivity index (χ1n) is 35.6. The van der Waals surface area contributed by atoms with Gasteiger partial charge in [0.25, 0.3) is 0 Å². The molecule has 0 spiro atoms. The number of hydrogen-bond donors (Lipinski definition) is 21. The van der Waals surface area contributed by atoms with Crippen LogP contribution in [0, 0.1) is 5.92 Å². The second kappa shape index (κ2) is 43.8. The summed E-state index contributed by atoms with van der Waals surface area (Å²) >= 11 is 0. The number of aromatic nitrogens is 5. The van der Waals surface area contributed by atoms with Crippen molar-refractivity contribution in [1.82, 2.24) is 88.3 Å². The van der Waals surface area contributed by atoms with Crippen LogP contribution in [0.4, 0.5) is 0 Å². The average Bonchev–Trinajstić information content (AvgIpc) is 1.72. The lowest BCUT2D eigenvalue weighted by Crippen LogP contribution is -2.59. The third kappa shape index (κ3) is 28.2. The minimum Gasteiger partial charge on any atom is -0.481 e. The lowest BCUT2D eigenvalue weighted by atomic mass is 10.0. The highest BCUT2D eigenvalue weighted by atomic mass is 16.4. The molecule has 39 nitrogen and oxygen atoms in total. The molecule has 0 radical (unpaired) electrons. The average molecular weight is 1520 g/mol. The van der Waals surface area contributed by atoms with Crippen LogP contribution in [0.25, 0.3) is 10.9 Å². The summed E-state index contributed by atoms with van der Waals surface area (Å²) in [5.41, 5.74) is 20.0. The Balaban J connectivity index is 1.13. The molecular formula is C70H98N20O19. The Hall–Kier alpha value is -11.7. The van der Waals surface area contributed by atoms with Crippen LogP contribution >= 0.6 is 0 Å². The highest BCUT2D eigenvalue weighted by molar-refractivity contribution is 6.00. The van der Waals surface area contributed by atoms with Gasteiger partial charge in [-0.25, -0.2) is 14.8 Å². The zero-order valence-corrected chi connectivity index (χ0v) is 60.3. The number of amides is 12. The molecule has 0 saturated carbocycles. The van der Waals surface area contributed by atoms with E-state index in [1.165, 1.54) is 25.0 Å². The number of aliphatic hydroxyl groups is 1. The molecule has 1 aliphatic heterocycles. The number of fused-ring (bicyclic) bond motifs is 1. The van der Waals surface area contributed by atoms with E-state index in [-0.39, 0.29) is 96.2 Å². The number of nitrogens with one attached hydrogen (secondary N) is 14. The smallest absolute Gasteiger partial charge is 0.326 e. The van der Waals surface area contributed by atoms with Crippen molar-refractivity contribution in [2.24, 2.45) is 23.1 Å². The predicted molar refractivity (Wildman–Crippen MR) is 387 cm³/mol. The molecule has 1 aliphatic rings. The van der Waals surface area contributed by atoms with Crippen LogP contribution in [0.2, 0.25) is 0 Å². The summed E-state index contributed by atoms with van der Waals surface area (Å²) in [6.07, 6.45) is 5.57. The van der Waals surface area contributed by atoms with Crippen LogP contribution in [0.5, 0.6) is 0 Å². The van der Waals surface area contributed by atoms with Gasteiger partial charge in [0.2, 0.25) is 70.9 Å². The van der Waals surface area contributed by atoms with Crippen LogP contribution < -0.4 is 75.7 Å². The van der Waals surface area contributed by atoms with Gasteiger partial charge in [0.15, 0.2) is 0 Å². The summed E-state index contributed by atoms with van der Waals surface area (Å²) in [4.78, 5) is 222. The van der Waals surface area contributed by atoms with E-state index in [0.29, 0.717) is 46.3 Å². The number of nitrogens with two attached hydrogens (primary N) is 3. The molecule has 1 fully saturated rings. The first-order chi connectivity index (χ1) is 52.1. The van der Waals surface area contributed by atoms with Gasteiger partial charge in [-0.1, -0.05) is 62.4 Å². The van der Waals surface area contributed by atoms with Crippen molar-refractivity contribution in [3.8, 4) is 0 Å². The molecule has 12 amide bonds. The lowest BCUT2D eigenvalue weighted by molar-refractivity contribution is -0.144. The zero-order valence-electron chi connectivity index (χ0n) is 60.3. The normalized spacial score (nSPS) is 15.3. The Labute approximate surface area is 625 Å². The molecule has 24 N–H and O–H groups in total. The molecular weight excluding hydrogens is 1420 g/mol. The summed E-state index contributed by atoms with van der Waals surface area (Å²) in [5.74, 6) is -16.4. The van der Waals surface area contributed by atoms with Gasteiger partial charge < -0.3 is 116 Å². The monoisotopic (exact) mass is 1520 g/mol. The molecule has 1 saturated heterocycles. The minimum atomic E-state index is -1.95. The summed E-state index contributed by atoms with van der Waals surface area (Å²) in [5, 5.41) is 67.6. The van der Waals surface area contributed by atoms with Gasteiger partial charge in [-0.05, 0) is 94.0 Å². The van der Waals surface area contributed by atoms with Gasteiger partial charge in [0, 0.05) is 73.1 Å². The Bertz CT molecular complexity index is 3910. The third-order valence-corrected chi connectivity index (χ3v) is 17.6. The molecule has 0 unspecified atom stereocenters. The Kier molecular flexibility index (Phi) is 34.6. The fraction of sp³-hybridized carbons (Fsp3) is 0.500. The first kappa shape index (κ1) is 86.2. The lowest BCUT2D eigenvalue weighted by Gasteiger charge is -2.30. The van der Waals surface area contributed by atoms with Gasteiger partial charge in [-0.3, -0.25) is 67.1 Å². The number of likely N-dealkylation sites (tertiary alicyclic amines) is 1. The van der Waals surface area contributed by atoms with E-state index in [4.69, 9.17) is 17.2 Å². The van der Waals surface area contributed by atoms with E-state index in [1.807, 2.05) is 0 Å². The van der Waals surface area contributed by atoms with Crippen molar-refractivity contribution in [3.63, 3.8) is 0 Å². The van der Waals surface area contributed by atoms with Gasteiger partial charge in [-0.15, -0.1) is 0 Å². The number of rotatable bonds is 47. The van der Waals surface area contributed by atoms with Crippen molar-refractivity contribution in [2.75, 3.05) is 39.3 Å². The summed E-state index contributed by atoms with van der Waals surface area (Å²) < 4.78 is 0. The number of aliphatic hydroxyl groups excluding tert-OH is 1. The predicted octanol–water partition coefficient (Wildman–Crippen LogP) is -4.87. The number of aromatic amines is 3. The topological polar surface area (TPSA) is 624 Å². The molecule has 2 aromatic carbocycles. The van der Waals surface area contributed by atoms with E-state index in [1.54, 1.807) is 74.6 Å². The highest BCUT2D eigenvalue weighted by Gasteiger charge is 2.41. The van der Waals surface area contributed by atoms with Gasteiger partial charge in [-0.2, -0.15) is 0 Å². The first-order valence-corrected chi connectivity index (χ1v) is 35.6. The van der Waals surface area contributed by atoms with E-state index >= 15 is 0 Å². The van der Waals surface area contributed by atoms with Crippen molar-refractivity contribution < 1.29 is 92.3 Å². The number of nitrogens with zero attached hydrogens (tertiary/aromatic N) is 3. The quantitative estimate of drug-likeness (QED) is 0.0162. The molecule has 4 heterocycles. The largest absolute Gasteiger partial charge is 0.481 e. The number of hydrogen-bond acceptors (Lipinski definition) is 21. The molecule has 39 heteroatoms. The van der Waals surface area contributed by atoms with Crippen LogP contribution in [-0.4, -0.2) is 245 Å². The number of benzene rings is 2. The Morgan fingerprint density at radius 1 is 0.523 bits per heavy atom. The van der Waals surface area contributed by atoms with Crippen LogP contribution in [0.15, 0.2) is 85.8 Å². The molecule has 0 aliphatic carbocycles. The Morgan fingerprint density at radius 2 is 1.02 bits per heavy atom. The van der Waals surface area contributed by atoms with Crippen molar-refractivity contribution in [2.45, 2.75) is 177 Å². The third-order valence-electron chi connectivity index (χ3n) is 17.6. The van der Waals surface area contributed by atoms with Crippen LogP contribution in [0.3, 0.4) is 0 Å². The number of H-pyrrole nitrogens is 3. The Morgan fingerprint density at radius 3 is 1.59 bits per heavy atom.